The molecule has 0 heterocycles. The molecular formula is C6H11F2NO2. The smallest absolute Gasteiger partial charge is 0.329 e. The fourth-order valence-corrected chi connectivity index (χ4v) is 0.592. The second-order valence-electron chi connectivity index (χ2n) is 2.69. The highest BCUT2D eigenvalue weighted by Gasteiger charge is 2.46. The summed E-state index contributed by atoms with van der Waals surface area (Å²) in [6, 6.07) is 0. The number of hydrogen-bond acceptors (Lipinski definition) is 2. The fourth-order valence-electron chi connectivity index (χ4n) is 0.592. The Kier molecular flexibility index (Phi) is 2.92. The van der Waals surface area contributed by atoms with Crippen molar-refractivity contribution in [1.29, 1.82) is 0 Å². The lowest BCUT2D eigenvalue weighted by molar-refractivity contribution is -0.152. The first-order valence-corrected chi connectivity index (χ1v) is 3.13. The Labute approximate surface area is 63.2 Å². The number of nitrogens with two attached hydrogens (primary N) is 1. The first-order chi connectivity index (χ1) is 4.83. The van der Waals surface area contributed by atoms with Crippen LogP contribution in [-0.2, 0) is 4.79 Å². The van der Waals surface area contributed by atoms with E-state index in [-0.39, 0.29) is 0 Å². The molecule has 0 amide bonds. The zero-order valence-electron chi connectivity index (χ0n) is 6.34. The van der Waals surface area contributed by atoms with Crippen LogP contribution in [0.2, 0.25) is 0 Å². The van der Waals surface area contributed by atoms with Crippen LogP contribution in [0.3, 0.4) is 0 Å². The number of alkyl halides is 2. The molecule has 0 saturated heterocycles. The lowest BCUT2D eigenvalue weighted by Gasteiger charge is -2.27. The van der Waals surface area contributed by atoms with Crippen LogP contribution < -0.4 is 5.73 Å². The maximum atomic E-state index is 12.1. The summed E-state index contributed by atoms with van der Waals surface area (Å²) in [5.74, 6) is -2.46. The summed E-state index contributed by atoms with van der Waals surface area (Å²) in [6.45, 7) is 2.70. The summed E-state index contributed by atoms with van der Waals surface area (Å²) in [4.78, 5) is 10.3. The Balaban J connectivity index is 4.67. The van der Waals surface area contributed by atoms with Gasteiger partial charge in [-0.15, -0.1) is 0 Å². The van der Waals surface area contributed by atoms with Crippen LogP contribution in [0.4, 0.5) is 8.78 Å². The van der Waals surface area contributed by atoms with Crippen molar-refractivity contribution in [3.63, 3.8) is 0 Å². The molecule has 66 valence electrons. The van der Waals surface area contributed by atoms with Crippen LogP contribution >= 0.6 is 0 Å². The quantitative estimate of drug-likeness (QED) is 0.650. The first kappa shape index (κ1) is 10.3. The highest BCUT2D eigenvalue weighted by Crippen LogP contribution is 2.22. The number of carboxylic acid groups (broad SMARTS) is 1. The molecule has 1 atom stereocenters. The molecule has 0 spiro atoms. The number of rotatable bonds is 3. The lowest BCUT2D eigenvalue weighted by Crippen LogP contribution is -2.58. The second kappa shape index (κ2) is 3.13. The summed E-state index contributed by atoms with van der Waals surface area (Å²) in [6.07, 6.45) is -3.04. The molecule has 0 aliphatic carbocycles. The number of aliphatic carboxylic acids is 1. The lowest BCUT2D eigenvalue weighted by atomic mass is 9.88. The zero-order valence-corrected chi connectivity index (χ0v) is 6.34. The van der Waals surface area contributed by atoms with E-state index in [9.17, 15) is 13.6 Å². The second-order valence-corrected chi connectivity index (χ2v) is 2.69. The van der Waals surface area contributed by atoms with Gasteiger partial charge in [0.05, 0.1) is 0 Å². The van der Waals surface area contributed by atoms with Crippen molar-refractivity contribution >= 4 is 5.97 Å². The van der Waals surface area contributed by atoms with Gasteiger partial charge >= 0.3 is 5.97 Å². The maximum Gasteiger partial charge on any atom is 0.329 e. The standard InChI is InChI=1S/C6H11F2NO2/c1-3(2)6(9,4(7)8)5(10)11/h3-4H,9H2,1-2H3,(H,10,11). The Morgan fingerprint density at radius 1 is 1.55 bits per heavy atom. The van der Waals surface area contributed by atoms with Crippen LogP contribution in [0.5, 0.6) is 0 Å². The Morgan fingerprint density at radius 3 is 1.91 bits per heavy atom. The number of carboxylic acids is 1. The van der Waals surface area contributed by atoms with Gasteiger partial charge in [-0.1, -0.05) is 13.8 Å². The highest BCUT2D eigenvalue weighted by atomic mass is 19.3. The number of hydrogen-bond donors (Lipinski definition) is 2. The molecular weight excluding hydrogens is 156 g/mol. The van der Waals surface area contributed by atoms with E-state index < -0.39 is 23.9 Å². The number of carbonyl (C=O) groups is 1. The fraction of sp³-hybridized carbons (Fsp3) is 0.833. The van der Waals surface area contributed by atoms with E-state index in [4.69, 9.17) is 10.8 Å². The predicted molar refractivity (Wildman–Crippen MR) is 35.4 cm³/mol. The molecule has 0 aromatic rings. The maximum absolute atomic E-state index is 12.1. The average molecular weight is 167 g/mol. The summed E-state index contributed by atoms with van der Waals surface area (Å²) in [7, 11) is 0. The van der Waals surface area contributed by atoms with Crippen molar-refractivity contribution in [3.8, 4) is 0 Å². The van der Waals surface area contributed by atoms with Crippen molar-refractivity contribution in [2.45, 2.75) is 25.8 Å². The van der Waals surface area contributed by atoms with Gasteiger partial charge in [-0.2, -0.15) is 0 Å². The Morgan fingerprint density at radius 2 is 1.91 bits per heavy atom. The van der Waals surface area contributed by atoms with Gasteiger partial charge in [0.25, 0.3) is 6.43 Å². The third-order valence-corrected chi connectivity index (χ3v) is 1.69. The van der Waals surface area contributed by atoms with Crippen LogP contribution in [0.25, 0.3) is 0 Å². The molecule has 3 nitrogen and oxygen atoms in total. The minimum absolute atomic E-state index is 0.792. The molecule has 0 saturated carbocycles. The van der Waals surface area contributed by atoms with E-state index in [0.29, 0.717) is 0 Å². The van der Waals surface area contributed by atoms with E-state index in [1.54, 1.807) is 0 Å². The summed E-state index contributed by atoms with van der Waals surface area (Å²) >= 11 is 0. The van der Waals surface area contributed by atoms with Gasteiger partial charge in [-0.25, -0.2) is 13.6 Å². The predicted octanol–water partition coefficient (Wildman–Crippen LogP) is 0.690. The van der Waals surface area contributed by atoms with Crippen molar-refractivity contribution in [3.05, 3.63) is 0 Å². The molecule has 11 heavy (non-hydrogen) atoms. The molecule has 0 aromatic carbocycles. The van der Waals surface area contributed by atoms with Gasteiger partial charge in [-0.3, -0.25) is 0 Å². The average Bonchev–Trinajstić information content (AvgIpc) is 1.84. The topological polar surface area (TPSA) is 63.3 Å². The van der Waals surface area contributed by atoms with Crippen molar-refractivity contribution in [1.82, 2.24) is 0 Å². The van der Waals surface area contributed by atoms with Gasteiger partial charge in [0.15, 0.2) is 5.54 Å². The Bertz CT molecular complexity index is 151. The minimum atomic E-state index is -3.04. The molecule has 0 aliphatic rings. The van der Waals surface area contributed by atoms with Crippen LogP contribution in [0.15, 0.2) is 0 Å². The van der Waals surface area contributed by atoms with E-state index in [0.717, 1.165) is 0 Å². The molecule has 0 aromatic heterocycles. The molecule has 0 fully saturated rings. The van der Waals surface area contributed by atoms with Gasteiger partial charge in [0.1, 0.15) is 0 Å². The molecule has 0 aliphatic heterocycles. The minimum Gasteiger partial charge on any atom is -0.480 e. The molecule has 3 N–H and O–H groups in total. The number of halogens is 2. The molecule has 5 heteroatoms. The summed E-state index contributed by atoms with van der Waals surface area (Å²) < 4.78 is 24.2. The Hall–Kier alpha value is -0.710. The summed E-state index contributed by atoms with van der Waals surface area (Å²) in [5.41, 5.74) is 2.56. The van der Waals surface area contributed by atoms with E-state index >= 15 is 0 Å². The van der Waals surface area contributed by atoms with Crippen molar-refractivity contribution in [2.75, 3.05) is 0 Å². The highest BCUT2D eigenvalue weighted by molar-refractivity contribution is 5.79. The third-order valence-electron chi connectivity index (χ3n) is 1.69. The van der Waals surface area contributed by atoms with Gasteiger partial charge in [0.2, 0.25) is 0 Å². The van der Waals surface area contributed by atoms with Crippen LogP contribution in [-0.4, -0.2) is 23.0 Å². The van der Waals surface area contributed by atoms with E-state index in [1.807, 2.05) is 0 Å². The molecule has 0 rings (SSSR count). The van der Waals surface area contributed by atoms with Crippen LogP contribution in [0.1, 0.15) is 13.8 Å². The molecule has 0 radical (unpaired) electrons. The normalized spacial score (nSPS) is 17.0. The van der Waals surface area contributed by atoms with Gasteiger partial charge < -0.3 is 10.8 Å². The van der Waals surface area contributed by atoms with Crippen molar-refractivity contribution < 1.29 is 18.7 Å². The van der Waals surface area contributed by atoms with Gasteiger partial charge in [-0.05, 0) is 5.92 Å². The summed E-state index contributed by atoms with van der Waals surface area (Å²) in [5, 5.41) is 8.37. The van der Waals surface area contributed by atoms with Crippen molar-refractivity contribution in [2.24, 2.45) is 11.7 Å². The third kappa shape index (κ3) is 1.65. The monoisotopic (exact) mass is 167 g/mol. The van der Waals surface area contributed by atoms with Gasteiger partial charge in [0, 0.05) is 0 Å². The largest absolute Gasteiger partial charge is 0.480 e. The first-order valence-electron chi connectivity index (χ1n) is 3.13. The zero-order chi connectivity index (χ0) is 9.23. The van der Waals surface area contributed by atoms with E-state index in [1.165, 1.54) is 13.8 Å². The van der Waals surface area contributed by atoms with Crippen LogP contribution in [0, 0.1) is 5.92 Å². The van der Waals surface area contributed by atoms with E-state index in [2.05, 4.69) is 0 Å². The molecule has 1 unspecified atom stereocenters. The molecule has 0 bridgehead atoms. The SMILES string of the molecule is CC(C)C(N)(C(=O)O)C(F)F.